The predicted octanol–water partition coefficient (Wildman–Crippen LogP) is 2.04. The maximum Gasteiger partial charge on any atom is 0.343 e. The Morgan fingerprint density at radius 2 is 2.10 bits per heavy atom. The summed E-state index contributed by atoms with van der Waals surface area (Å²) in [6.45, 7) is 3.95. The van der Waals surface area contributed by atoms with E-state index in [2.05, 4.69) is 0 Å². The molecule has 0 radical (unpaired) electrons. The van der Waals surface area contributed by atoms with Crippen LogP contribution in [-0.4, -0.2) is 22.2 Å². The van der Waals surface area contributed by atoms with Crippen molar-refractivity contribution in [1.29, 1.82) is 0 Å². The van der Waals surface area contributed by atoms with Gasteiger partial charge in [0.1, 0.15) is 17.1 Å². The summed E-state index contributed by atoms with van der Waals surface area (Å²) in [5.41, 5.74) is -0.629. The van der Waals surface area contributed by atoms with E-state index >= 15 is 0 Å². The van der Waals surface area contributed by atoms with E-state index in [0.29, 0.717) is 6.54 Å². The number of phenols is 1. The third-order valence-corrected chi connectivity index (χ3v) is 2.95. The number of aromatic hydroxyl groups is 1. The number of aromatic nitrogens is 1. The Labute approximate surface area is 114 Å². The number of ether oxygens (including phenoxy) is 1. The summed E-state index contributed by atoms with van der Waals surface area (Å²) in [5, 5.41) is 9.76. The minimum absolute atomic E-state index is 0.0464. The van der Waals surface area contributed by atoms with Gasteiger partial charge in [-0.1, -0.05) is 0 Å². The Bertz CT molecular complexity index is 736. The van der Waals surface area contributed by atoms with Crippen LogP contribution in [0.2, 0.25) is 0 Å². The van der Waals surface area contributed by atoms with Crippen molar-refractivity contribution in [1.82, 2.24) is 4.57 Å². The molecule has 0 fully saturated rings. The molecule has 1 N–H and O–H groups in total. The van der Waals surface area contributed by atoms with E-state index < -0.39 is 17.2 Å². The number of hydrogen-bond acceptors (Lipinski definition) is 4. The topological polar surface area (TPSA) is 68.5 Å². The third kappa shape index (κ3) is 2.24. The number of carbonyl (C=O) groups excluding carboxylic acids is 1. The zero-order chi connectivity index (χ0) is 14.9. The smallest absolute Gasteiger partial charge is 0.343 e. The Morgan fingerprint density at radius 1 is 1.40 bits per heavy atom. The number of benzene rings is 1. The molecule has 1 aromatic heterocycles. The van der Waals surface area contributed by atoms with E-state index in [1.165, 1.54) is 10.8 Å². The first kappa shape index (κ1) is 14.0. The summed E-state index contributed by atoms with van der Waals surface area (Å²) >= 11 is 0. The second kappa shape index (κ2) is 5.32. The molecule has 0 aliphatic rings. The highest BCUT2D eigenvalue weighted by Gasteiger charge is 2.18. The summed E-state index contributed by atoms with van der Waals surface area (Å²) in [4.78, 5) is 24.0. The van der Waals surface area contributed by atoms with E-state index in [-0.39, 0.29) is 28.8 Å². The van der Waals surface area contributed by atoms with Crippen LogP contribution < -0.4 is 5.43 Å². The average molecular weight is 279 g/mol. The minimum Gasteiger partial charge on any atom is -0.506 e. The highest BCUT2D eigenvalue weighted by atomic mass is 19.1. The van der Waals surface area contributed by atoms with Crippen LogP contribution in [0.1, 0.15) is 24.2 Å². The van der Waals surface area contributed by atoms with Crippen LogP contribution in [0, 0.1) is 5.82 Å². The first-order valence-corrected chi connectivity index (χ1v) is 6.22. The van der Waals surface area contributed by atoms with Crippen LogP contribution in [-0.2, 0) is 11.3 Å². The lowest BCUT2D eigenvalue weighted by molar-refractivity contribution is 0.0524. The molecule has 0 saturated carbocycles. The lowest BCUT2D eigenvalue weighted by Crippen LogP contribution is -2.21. The number of rotatable bonds is 3. The lowest BCUT2D eigenvalue weighted by atomic mass is 10.1. The standard InChI is InChI=1S/C14H14FNO4/c1-3-16-7-10(14(19)20-4-2)13(18)9-5-8(15)6-11(17)12(9)16/h5-7,17H,3-4H2,1-2H3. The molecule has 2 rings (SSSR count). The molecule has 0 unspecified atom stereocenters. The van der Waals surface area contributed by atoms with Crippen LogP contribution in [0.3, 0.4) is 0 Å². The molecule has 0 aliphatic carbocycles. The van der Waals surface area contributed by atoms with Crippen molar-refractivity contribution in [3.05, 3.63) is 39.9 Å². The number of halogens is 1. The molecule has 0 aliphatic heterocycles. The number of esters is 1. The highest BCUT2D eigenvalue weighted by Crippen LogP contribution is 2.24. The van der Waals surface area contributed by atoms with Crippen molar-refractivity contribution in [3.8, 4) is 5.75 Å². The van der Waals surface area contributed by atoms with Crippen LogP contribution in [0.15, 0.2) is 23.1 Å². The van der Waals surface area contributed by atoms with E-state index in [0.717, 1.165) is 12.1 Å². The zero-order valence-corrected chi connectivity index (χ0v) is 11.1. The van der Waals surface area contributed by atoms with E-state index in [9.17, 15) is 19.1 Å². The molecule has 0 bridgehead atoms. The Hall–Kier alpha value is -2.37. The molecule has 0 atom stereocenters. The van der Waals surface area contributed by atoms with Gasteiger partial charge in [0.2, 0.25) is 5.43 Å². The maximum atomic E-state index is 13.4. The summed E-state index contributed by atoms with van der Waals surface area (Å²) < 4.78 is 19.7. The van der Waals surface area contributed by atoms with Gasteiger partial charge < -0.3 is 14.4 Å². The van der Waals surface area contributed by atoms with Crippen molar-refractivity contribution in [2.45, 2.75) is 20.4 Å². The van der Waals surface area contributed by atoms with Gasteiger partial charge in [-0.25, -0.2) is 9.18 Å². The maximum absolute atomic E-state index is 13.4. The van der Waals surface area contributed by atoms with E-state index in [1.54, 1.807) is 13.8 Å². The quantitative estimate of drug-likeness (QED) is 0.873. The summed E-state index contributed by atoms with van der Waals surface area (Å²) in [5.74, 6) is -1.84. The predicted molar refractivity (Wildman–Crippen MR) is 71.5 cm³/mol. The average Bonchev–Trinajstić information content (AvgIpc) is 2.39. The van der Waals surface area contributed by atoms with Crippen LogP contribution in [0.5, 0.6) is 5.75 Å². The number of hydrogen-bond donors (Lipinski definition) is 1. The van der Waals surface area contributed by atoms with Crippen molar-refractivity contribution >= 4 is 16.9 Å². The Kier molecular flexibility index (Phi) is 3.74. The van der Waals surface area contributed by atoms with Gasteiger partial charge in [0, 0.05) is 18.8 Å². The van der Waals surface area contributed by atoms with Gasteiger partial charge in [-0.3, -0.25) is 4.79 Å². The first-order chi connectivity index (χ1) is 9.49. The first-order valence-electron chi connectivity index (χ1n) is 6.22. The van der Waals surface area contributed by atoms with Gasteiger partial charge in [-0.05, 0) is 19.9 Å². The number of phenolic OH excluding ortho intramolecular Hbond substituents is 1. The van der Waals surface area contributed by atoms with E-state index in [4.69, 9.17) is 4.74 Å². The fourth-order valence-electron chi connectivity index (χ4n) is 2.09. The second-order valence-electron chi connectivity index (χ2n) is 4.20. The van der Waals surface area contributed by atoms with Gasteiger partial charge in [-0.2, -0.15) is 0 Å². The van der Waals surface area contributed by atoms with Crippen LogP contribution >= 0.6 is 0 Å². The SMILES string of the molecule is CCOC(=O)c1cn(CC)c2c(O)cc(F)cc2c1=O. The van der Waals surface area contributed by atoms with E-state index in [1.807, 2.05) is 0 Å². The fraction of sp³-hybridized carbons (Fsp3) is 0.286. The van der Waals surface area contributed by atoms with Gasteiger partial charge in [-0.15, -0.1) is 0 Å². The molecule has 6 heteroatoms. The van der Waals surface area contributed by atoms with Gasteiger partial charge in [0.25, 0.3) is 0 Å². The number of carbonyl (C=O) groups is 1. The molecule has 0 amide bonds. The van der Waals surface area contributed by atoms with Crippen molar-refractivity contribution < 1.29 is 19.0 Å². The second-order valence-corrected chi connectivity index (χ2v) is 4.20. The molecule has 106 valence electrons. The molecule has 2 aromatic rings. The third-order valence-electron chi connectivity index (χ3n) is 2.95. The Morgan fingerprint density at radius 3 is 2.70 bits per heavy atom. The molecular formula is C14H14FNO4. The number of fused-ring (bicyclic) bond motifs is 1. The van der Waals surface area contributed by atoms with Gasteiger partial charge in [0.15, 0.2) is 0 Å². The summed E-state index contributed by atoms with van der Waals surface area (Å²) in [6, 6.07) is 1.93. The Balaban J connectivity index is 2.85. The number of pyridine rings is 1. The highest BCUT2D eigenvalue weighted by molar-refractivity contribution is 5.95. The molecule has 0 saturated heterocycles. The minimum atomic E-state index is -0.759. The molecule has 5 nitrogen and oxygen atoms in total. The molecule has 0 spiro atoms. The zero-order valence-electron chi connectivity index (χ0n) is 11.1. The monoisotopic (exact) mass is 279 g/mol. The van der Waals surface area contributed by atoms with Crippen molar-refractivity contribution in [3.63, 3.8) is 0 Å². The molecule has 20 heavy (non-hydrogen) atoms. The van der Waals surface area contributed by atoms with Crippen molar-refractivity contribution in [2.24, 2.45) is 0 Å². The largest absolute Gasteiger partial charge is 0.506 e. The van der Waals surface area contributed by atoms with Crippen molar-refractivity contribution in [2.75, 3.05) is 6.61 Å². The lowest BCUT2D eigenvalue weighted by Gasteiger charge is -2.12. The molecule has 1 aromatic carbocycles. The van der Waals surface area contributed by atoms with Crippen LogP contribution in [0.25, 0.3) is 10.9 Å². The molecular weight excluding hydrogens is 265 g/mol. The summed E-state index contributed by atoms with van der Waals surface area (Å²) in [7, 11) is 0. The van der Waals surface area contributed by atoms with Gasteiger partial charge >= 0.3 is 5.97 Å². The number of aryl methyl sites for hydroxylation is 1. The van der Waals surface area contributed by atoms with Crippen LogP contribution in [0.4, 0.5) is 4.39 Å². The molecule has 1 heterocycles. The number of nitrogens with zero attached hydrogens (tertiary/aromatic N) is 1. The fourth-order valence-corrected chi connectivity index (χ4v) is 2.09. The normalized spacial score (nSPS) is 10.8. The summed E-state index contributed by atoms with van der Waals surface area (Å²) in [6.07, 6.45) is 1.32. The van der Waals surface area contributed by atoms with Gasteiger partial charge in [0.05, 0.1) is 17.5 Å².